The lowest BCUT2D eigenvalue weighted by Crippen LogP contribution is -2.62. The third-order valence-corrected chi connectivity index (χ3v) is 3.68. The SMILES string of the molecule is C[C@@H]1OC(C(=O)C(O)C(O)C(O)C(O)CO)[C@H](O)[C@H](O)[C@H]1O. The summed E-state index contributed by atoms with van der Waals surface area (Å²) in [5.74, 6) is -1.25. The van der Waals surface area contributed by atoms with E-state index in [0.29, 0.717) is 0 Å². The molecule has 1 aliphatic heterocycles. The zero-order chi connectivity index (χ0) is 17.2. The number of aliphatic hydroxyl groups is 8. The highest BCUT2D eigenvalue weighted by Gasteiger charge is 2.48. The Balaban J connectivity index is 2.81. The molecule has 0 aromatic heterocycles. The van der Waals surface area contributed by atoms with Crippen molar-refractivity contribution < 1.29 is 50.4 Å². The molecule has 10 nitrogen and oxygen atoms in total. The molecule has 0 radical (unpaired) electrons. The van der Waals surface area contributed by atoms with Gasteiger partial charge in [0.1, 0.15) is 48.8 Å². The molecule has 5 unspecified atom stereocenters. The minimum absolute atomic E-state index is 0.913. The van der Waals surface area contributed by atoms with Gasteiger partial charge in [-0.05, 0) is 6.92 Å². The van der Waals surface area contributed by atoms with Gasteiger partial charge in [-0.2, -0.15) is 0 Å². The summed E-state index contributed by atoms with van der Waals surface area (Å²) in [6.07, 6.45) is -16.0. The van der Waals surface area contributed by atoms with Crippen molar-refractivity contribution in [3.05, 3.63) is 0 Å². The molecule has 0 aromatic rings. The molecule has 1 fully saturated rings. The highest BCUT2D eigenvalue weighted by molar-refractivity contribution is 5.88. The molecular formula is C12H22O10. The fourth-order valence-electron chi connectivity index (χ4n) is 2.15. The number of hydrogen-bond donors (Lipinski definition) is 8. The number of carbonyl (C=O) groups excluding carboxylic acids is 1. The van der Waals surface area contributed by atoms with Crippen molar-refractivity contribution in [2.24, 2.45) is 0 Å². The zero-order valence-corrected chi connectivity index (χ0v) is 11.8. The first-order chi connectivity index (χ1) is 10.1. The van der Waals surface area contributed by atoms with E-state index in [4.69, 9.17) is 9.84 Å². The van der Waals surface area contributed by atoms with E-state index >= 15 is 0 Å². The maximum atomic E-state index is 12.0. The monoisotopic (exact) mass is 326 g/mol. The maximum absolute atomic E-state index is 12.0. The molecule has 1 rings (SSSR count). The first kappa shape index (κ1) is 19.4. The topological polar surface area (TPSA) is 188 Å². The van der Waals surface area contributed by atoms with Crippen molar-refractivity contribution in [2.75, 3.05) is 6.61 Å². The van der Waals surface area contributed by atoms with Crippen LogP contribution in [0, 0.1) is 0 Å². The molecule has 22 heavy (non-hydrogen) atoms. The van der Waals surface area contributed by atoms with Crippen LogP contribution in [-0.4, -0.2) is 108 Å². The fraction of sp³-hybridized carbons (Fsp3) is 0.917. The van der Waals surface area contributed by atoms with Crippen LogP contribution in [0.4, 0.5) is 0 Å². The lowest BCUT2D eigenvalue weighted by Gasteiger charge is -2.39. The molecule has 1 aliphatic rings. The number of ether oxygens (including phenoxy) is 1. The molecule has 0 bridgehead atoms. The van der Waals surface area contributed by atoms with Crippen LogP contribution < -0.4 is 0 Å². The van der Waals surface area contributed by atoms with Gasteiger partial charge in [0.2, 0.25) is 0 Å². The molecule has 130 valence electrons. The molecule has 0 saturated carbocycles. The van der Waals surface area contributed by atoms with E-state index in [2.05, 4.69) is 0 Å². The Morgan fingerprint density at radius 3 is 2.05 bits per heavy atom. The predicted octanol–water partition coefficient (Wildman–Crippen LogP) is -5.14. The fourth-order valence-corrected chi connectivity index (χ4v) is 2.15. The van der Waals surface area contributed by atoms with Crippen LogP contribution in [0.2, 0.25) is 0 Å². The summed E-state index contributed by atoms with van der Waals surface area (Å²) in [6, 6.07) is 0. The van der Waals surface area contributed by atoms with Gasteiger partial charge in [0, 0.05) is 0 Å². The summed E-state index contributed by atoms with van der Waals surface area (Å²) in [5, 5.41) is 75.4. The lowest BCUT2D eigenvalue weighted by atomic mass is 9.89. The normalized spacial score (nSPS) is 38.1. The number of ketones is 1. The quantitative estimate of drug-likeness (QED) is 0.234. The molecule has 1 saturated heterocycles. The van der Waals surface area contributed by atoms with Crippen molar-refractivity contribution >= 4 is 5.78 Å². The molecule has 8 N–H and O–H groups in total. The number of rotatable bonds is 6. The molecule has 0 spiro atoms. The molecule has 10 heteroatoms. The molecular weight excluding hydrogens is 304 g/mol. The molecule has 1 heterocycles. The molecule has 0 amide bonds. The van der Waals surface area contributed by atoms with Gasteiger partial charge < -0.3 is 45.6 Å². The zero-order valence-electron chi connectivity index (χ0n) is 11.8. The van der Waals surface area contributed by atoms with Crippen LogP contribution in [-0.2, 0) is 9.53 Å². The Bertz CT molecular complexity index is 377. The first-order valence-electron chi connectivity index (χ1n) is 6.70. The third-order valence-electron chi connectivity index (χ3n) is 3.68. The Morgan fingerprint density at radius 1 is 1.00 bits per heavy atom. The third kappa shape index (κ3) is 3.79. The highest BCUT2D eigenvalue weighted by atomic mass is 16.5. The van der Waals surface area contributed by atoms with E-state index < -0.39 is 67.3 Å². The average molecular weight is 326 g/mol. The van der Waals surface area contributed by atoms with Gasteiger partial charge in [-0.3, -0.25) is 4.79 Å². The molecule has 0 aromatic carbocycles. The summed E-state index contributed by atoms with van der Waals surface area (Å²) in [5.41, 5.74) is 0. The van der Waals surface area contributed by atoms with Gasteiger partial charge in [-0.1, -0.05) is 0 Å². The summed E-state index contributed by atoms with van der Waals surface area (Å²) in [6.45, 7) is 0.414. The Labute approximate surface area is 125 Å². The van der Waals surface area contributed by atoms with E-state index in [0.717, 1.165) is 0 Å². The lowest BCUT2D eigenvalue weighted by molar-refractivity contribution is -0.221. The van der Waals surface area contributed by atoms with Crippen molar-refractivity contribution in [1.82, 2.24) is 0 Å². The Hall–Kier alpha value is -0.690. The Morgan fingerprint density at radius 2 is 1.55 bits per heavy atom. The summed E-state index contributed by atoms with van der Waals surface area (Å²) < 4.78 is 5.01. The number of aliphatic hydroxyl groups excluding tert-OH is 8. The van der Waals surface area contributed by atoms with Crippen LogP contribution in [0.25, 0.3) is 0 Å². The van der Waals surface area contributed by atoms with Gasteiger partial charge >= 0.3 is 0 Å². The minimum atomic E-state index is -2.24. The second kappa shape index (κ2) is 7.73. The second-order valence-corrected chi connectivity index (χ2v) is 5.31. The summed E-state index contributed by atoms with van der Waals surface area (Å²) >= 11 is 0. The maximum Gasteiger partial charge on any atom is 0.195 e. The highest BCUT2D eigenvalue weighted by Crippen LogP contribution is 2.23. The van der Waals surface area contributed by atoms with Crippen LogP contribution in [0.3, 0.4) is 0 Å². The van der Waals surface area contributed by atoms with Crippen LogP contribution in [0.1, 0.15) is 6.92 Å². The van der Waals surface area contributed by atoms with Gasteiger partial charge in [0.25, 0.3) is 0 Å². The van der Waals surface area contributed by atoms with Gasteiger partial charge in [0.15, 0.2) is 5.78 Å². The summed E-state index contributed by atoms with van der Waals surface area (Å²) in [4.78, 5) is 12.0. The van der Waals surface area contributed by atoms with Crippen LogP contribution in [0.5, 0.6) is 0 Å². The minimum Gasteiger partial charge on any atom is -0.394 e. The average Bonchev–Trinajstić information content (AvgIpc) is 2.52. The van der Waals surface area contributed by atoms with Gasteiger partial charge in [-0.25, -0.2) is 0 Å². The smallest absolute Gasteiger partial charge is 0.195 e. The van der Waals surface area contributed by atoms with Crippen molar-refractivity contribution in [1.29, 1.82) is 0 Å². The van der Waals surface area contributed by atoms with E-state index in [1.807, 2.05) is 0 Å². The van der Waals surface area contributed by atoms with Crippen molar-refractivity contribution in [3.8, 4) is 0 Å². The summed E-state index contributed by atoms with van der Waals surface area (Å²) in [7, 11) is 0. The largest absolute Gasteiger partial charge is 0.394 e. The molecule has 9 atom stereocenters. The number of Topliss-reactive ketones (excluding diaryl/α,β-unsaturated/α-hetero) is 1. The predicted molar refractivity (Wildman–Crippen MR) is 68.5 cm³/mol. The van der Waals surface area contributed by atoms with E-state index in [9.17, 15) is 40.5 Å². The van der Waals surface area contributed by atoms with Crippen molar-refractivity contribution in [2.45, 2.75) is 61.9 Å². The number of hydrogen-bond acceptors (Lipinski definition) is 10. The van der Waals surface area contributed by atoms with Gasteiger partial charge in [0.05, 0.1) is 12.7 Å². The molecule has 0 aliphatic carbocycles. The van der Waals surface area contributed by atoms with E-state index in [-0.39, 0.29) is 0 Å². The van der Waals surface area contributed by atoms with Gasteiger partial charge in [-0.15, -0.1) is 0 Å². The number of carbonyl (C=O) groups is 1. The second-order valence-electron chi connectivity index (χ2n) is 5.31. The first-order valence-corrected chi connectivity index (χ1v) is 6.70. The van der Waals surface area contributed by atoms with Crippen molar-refractivity contribution in [3.63, 3.8) is 0 Å². The van der Waals surface area contributed by atoms with E-state index in [1.165, 1.54) is 6.92 Å². The van der Waals surface area contributed by atoms with E-state index in [1.54, 1.807) is 0 Å². The van der Waals surface area contributed by atoms with Crippen LogP contribution >= 0.6 is 0 Å². The standard InChI is InChI=1S/C12H22O10/c1-3-5(15)7(17)10(20)12(22-3)11(21)9(19)8(18)6(16)4(14)2-13/h3-10,12-20H,2H2,1H3/t3-,4?,5-,6?,7+,8?,9?,10+,12?/m0/s1. The Kier molecular flexibility index (Phi) is 6.80. The van der Waals surface area contributed by atoms with Crippen LogP contribution in [0.15, 0.2) is 0 Å².